The average Bonchev–Trinajstić information content (AvgIpc) is 2.71. The van der Waals surface area contributed by atoms with Crippen LogP contribution >= 0.6 is 0 Å². The highest BCUT2D eigenvalue weighted by Crippen LogP contribution is 2.27. The first kappa shape index (κ1) is 14.2. The fourth-order valence-electron chi connectivity index (χ4n) is 1.86. The third kappa shape index (κ3) is 3.02. The fourth-order valence-corrected chi connectivity index (χ4v) is 1.86. The van der Waals surface area contributed by atoms with Gasteiger partial charge in [0.1, 0.15) is 17.3 Å². The van der Waals surface area contributed by atoms with E-state index >= 15 is 0 Å². The number of phenols is 1. The van der Waals surface area contributed by atoms with E-state index in [9.17, 15) is 9.90 Å². The van der Waals surface area contributed by atoms with Gasteiger partial charge in [0.2, 0.25) is 0 Å². The number of carbonyl (C=O) groups is 1. The lowest BCUT2D eigenvalue weighted by Crippen LogP contribution is -2.12. The Hall–Kier alpha value is -2.23. The standard InChI is InChI=1S/C16H19NO3/c1-10-13(9-14(20-10)16(2,3)4)15(19)17-11-6-5-7-12(18)8-11/h5-9,18H,1-4H3,(H,17,19). The van der Waals surface area contributed by atoms with Crippen LogP contribution < -0.4 is 5.32 Å². The molecule has 1 amide bonds. The molecule has 0 saturated heterocycles. The SMILES string of the molecule is Cc1oc(C(C)(C)C)cc1C(=O)Nc1cccc(O)c1. The summed E-state index contributed by atoms with van der Waals surface area (Å²) >= 11 is 0. The van der Waals surface area contributed by atoms with Crippen molar-refractivity contribution in [3.63, 3.8) is 0 Å². The Balaban J connectivity index is 2.24. The largest absolute Gasteiger partial charge is 0.508 e. The summed E-state index contributed by atoms with van der Waals surface area (Å²) in [5.74, 6) is 1.23. The number of hydrogen-bond acceptors (Lipinski definition) is 3. The van der Waals surface area contributed by atoms with E-state index < -0.39 is 0 Å². The van der Waals surface area contributed by atoms with Gasteiger partial charge in [-0.25, -0.2) is 0 Å². The molecule has 1 aromatic heterocycles. The number of carbonyl (C=O) groups excluding carboxylic acids is 1. The Morgan fingerprint density at radius 3 is 2.50 bits per heavy atom. The molecule has 2 N–H and O–H groups in total. The molecule has 1 aromatic carbocycles. The molecule has 4 nitrogen and oxygen atoms in total. The van der Waals surface area contributed by atoms with Crippen molar-refractivity contribution < 1.29 is 14.3 Å². The van der Waals surface area contributed by atoms with E-state index in [4.69, 9.17) is 4.42 Å². The fraction of sp³-hybridized carbons (Fsp3) is 0.312. The number of aromatic hydroxyl groups is 1. The van der Waals surface area contributed by atoms with Crippen molar-refractivity contribution in [3.05, 3.63) is 47.4 Å². The van der Waals surface area contributed by atoms with Crippen LogP contribution in [0.5, 0.6) is 5.75 Å². The van der Waals surface area contributed by atoms with E-state index in [1.807, 2.05) is 20.8 Å². The molecule has 0 spiro atoms. The number of rotatable bonds is 2. The van der Waals surface area contributed by atoms with E-state index in [2.05, 4.69) is 5.32 Å². The van der Waals surface area contributed by atoms with E-state index in [1.165, 1.54) is 6.07 Å². The number of amides is 1. The Kier molecular flexibility index (Phi) is 3.57. The number of hydrogen-bond donors (Lipinski definition) is 2. The normalized spacial score (nSPS) is 11.4. The maximum absolute atomic E-state index is 12.2. The molecule has 0 saturated carbocycles. The van der Waals surface area contributed by atoms with Crippen molar-refractivity contribution in [2.45, 2.75) is 33.1 Å². The number of aryl methyl sites for hydroxylation is 1. The molecule has 106 valence electrons. The van der Waals surface area contributed by atoms with Crippen LogP contribution in [0, 0.1) is 6.92 Å². The molecule has 1 heterocycles. The van der Waals surface area contributed by atoms with Gasteiger partial charge in [0.15, 0.2) is 0 Å². The van der Waals surface area contributed by atoms with E-state index in [1.54, 1.807) is 31.2 Å². The molecule has 20 heavy (non-hydrogen) atoms. The summed E-state index contributed by atoms with van der Waals surface area (Å²) in [6, 6.07) is 8.22. The van der Waals surface area contributed by atoms with Gasteiger partial charge in [0.05, 0.1) is 5.56 Å². The zero-order valence-corrected chi connectivity index (χ0v) is 12.2. The zero-order chi connectivity index (χ0) is 14.9. The third-order valence-electron chi connectivity index (χ3n) is 3.01. The van der Waals surface area contributed by atoms with Gasteiger partial charge in [-0.1, -0.05) is 26.8 Å². The van der Waals surface area contributed by atoms with Crippen LogP contribution in [0.3, 0.4) is 0 Å². The Labute approximate surface area is 118 Å². The summed E-state index contributed by atoms with van der Waals surface area (Å²) in [6.45, 7) is 7.86. The minimum absolute atomic E-state index is 0.113. The Morgan fingerprint density at radius 2 is 1.95 bits per heavy atom. The number of nitrogens with one attached hydrogen (secondary N) is 1. The number of furan rings is 1. The van der Waals surface area contributed by atoms with Gasteiger partial charge < -0.3 is 14.8 Å². The monoisotopic (exact) mass is 273 g/mol. The van der Waals surface area contributed by atoms with Crippen LogP contribution in [0.4, 0.5) is 5.69 Å². The number of phenolic OH excluding ortho intramolecular Hbond substituents is 1. The number of benzene rings is 1. The van der Waals surface area contributed by atoms with Gasteiger partial charge in [-0.05, 0) is 25.1 Å². The first-order valence-electron chi connectivity index (χ1n) is 6.48. The molecule has 2 rings (SSSR count). The molecule has 0 atom stereocenters. The maximum Gasteiger partial charge on any atom is 0.259 e. The zero-order valence-electron chi connectivity index (χ0n) is 12.2. The predicted molar refractivity (Wildman–Crippen MR) is 78.2 cm³/mol. The molecule has 0 aliphatic heterocycles. The quantitative estimate of drug-likeness (QED) is 0.873. The van der Waals surface area contributed by atoms with Crippen molar-refractivity contribution in [1.29, 1.82) is 0 Å². The maximum atomic E-state index is 12.2. The van der Waals surface area contributed by atoms with Crippen molar-refractivity contribution in [1.82, 2.24) is 0 Å². The third-order valence-corrected chi connectivity index (χ3v) is 3.01. The molecule has 0 aliphatic carbocycles. The second-order valence-electron chi connectivity index (χ2n) is 5.83. The van der Waals surface area contributed by atoms with Gasteiger partial charge in [0, 0.05) is 17.2 Å². The lowest BCUT2D eigenvalue weighted by atomic mass is 9.93. The van der Waals surface area contributed by atoms with Crippen LogP contribution in [0.2, 0.25) is 0 Å². The summed E-state index contributed by atoms with van der Waals surface area (Å²) in [4.78, 5) is 12.2. The summed E-state index contributed by atoms with van der Waals surface area (Å²) in [5, 5.41) is 12.1. The second kappa shape index (κ2) is 5.04. The van der Waals surface area contributed by atoms with Crippen molar-refractivity contribution in [3.8, 4) is 5.75 Å². The Morgan fingerprint density at radius 1 is 1.25 bits per heavy atom. The van der Waals surface area contributed by atoms with E-state index in [0.717, 1.165) is 5.76 Å². The van der Waals surface area contributed by atoms with Crippen LogP contribution in [-0.2, 0) is 5.41 Å². The number of anilines is 1. The van der Waals surface area contributed by atoms with Crippen LogP contribution in [0.25, 0.3) is 0 Å². The van der Waals surface area contributed by atoms with E-state index in [-0.39, 0.29) is 17.1 Å². The van der Waals surface area contributed by atoms with Crippen LogP contribution in [-0.4, -0.2) is 11.0 Å². The predicted octanol–water partition coefficient (Wildman–Crippen LogP) is 3.84. The molecule has 0 radical (unpaired) electrons. The second-order valence-corrected chi connectivity index (χ2v) is 5.83. The summed E-state index contributed by atoms with van der Waals surface area (Å²) in [7, 11) is 0. The minimum Gasteiger partial charge on any atom is -0.508 e. The lowest BCUT2D eigenvalue weighted by Gasteiger charge is -2.13. The molecular weight excluding hydrogens is 254 g/mol. The van der Waals surface area contributed by atoms with E-state index in [0.29, 0.717) is 17.0 Å². The molecule has 0 aliphatic rings. The van der Waals surface area contributed by atoms with Gasteiger partial charge in [-0.2, -0.15) is 0 Å². The molecule has 0 unspecified atom stereocenters. The first-order chi connectivity index (χ1) is 9.27. The van der Waals surface area contributed by atoms with Crippen molar-refractivity contribution >= 4 is 11.6 Å². The Bertz CT molecular complexity index is 635. The van der Waals surface area contributed by atoms with Gasteiger partial charge in [-0.3, -0.25) is 4.79 Å². The van der Waals surface area contributed by atoms with Gasteiger partial charge >= 0.3 is 0 Å². The average molecular weight is 273 g/mol. The highest BCUT2D eigenvalue weighted by molar-refractivity contribution is 6.05. The smallest absolute Gasteiger partial charge is 0.259 e. The lowest BCUT2D eigenvalue weighted by molar-refractivity contribution is 0.102. The highest BCUT2D eigenvalue weighted by Gasteiger charge is 2.23. The molecule has 4 heteroatoms. The van der Waals surface area contributed by atoms with Gasteiger partial charge in [-0.15, -0.1) is 0 Å². The minimum atomic E-state index is -0.243. The molecule has 2 aromatic rings. The topological polar surface area (TPSA) is 62.5 Å². The van der Waals surface area contributed by atoms with Gasteiger partial charge in [0.25, 0.3) is 5.91 Å². The molecule has 0 bridgehead atoms. The van der Waals surface area contributed by atoms with Crippen LogP contribution in [0.1, 0.15) is 42.6 Å². The summed E-state index contributed by atoms with van der Waals surface area (Å²) in [5.41, 5.74) is 0.917. The van der Waals surface area contributed by atoms with Crippen LogP contribution in [0.15, 0.2) is 34.7 Å². The van der Waals surface area contributed by atoms with Crippen molar-refractivity contribution in [2.24, 2.45) is 0 Å². The first-order valence-corrected chi connectivity index (χ1v) is 6.48. The summed E-state index contributed by atoms with van der Waals surface area (Å²) < 4.78 is 5.65. The molecular formula is C16H19NO3. The summed E-state index contributed by atoms with van der Waals surface area (Å²) in [6.07, 6.45) is 0. The van der Waals surface area contributed by atoms with Crippen molar-refractivity contribution in [2.75, 3.05) is 5.32 Å². The highest BCUT2D eigenvalue weighted by atomic mass is 16.3. The molecule has 0 fully saturated rings.